The Kier molecular flexibility index (Phi) is 4.42. The predicted octanol–water partition coefficient (Wildman–Crippen LogP) is 0.260. The number of thiophene rings is 1. The van der Waals surface area contributed by atoms with Crippen LogP contribution in [0.15, 0.2) is 10.5 Å². The molecular weight excluding hydrogens is 354 g/mol. The molecule has 2 aromatic rings. The molecule has 1 atom stereocenters. The van der Waals surface area contributed by atoms with E-state index in [0.29, 0.717) is 30.9 Å². The minimum absolute atomic E-state index is 0.117. The van der Waals surface area contributed by atoms with Crippen LogP contribution < -0.4 is 10.0 Å². The molecule has 130 valence electrons. The second kappa shape index (κ2) is 6.24. The van der Waals surface area contributed by atoms with Gasteiger partial charge in [-0.3, -0.25) is 4.68 Å². The minimum Gasteiger partial charge on any atom is -0.478 e. The van der Waals surface area contributed by atoms with E-state index in [2.05, 4.69) is 20.1 Å². The summed E-state index contributed by atoms with van der Waals surface area (Å²) in [6.45, 7) is 2.75. The smallest absolute Gasteiger partial charge is 0.338 e. The highest BCUT2D eigenvalue weighted by Crippen LogP contribution is 2.34. The van der Waals surface area contributed by atoms with Crippen LogP contribution in [-0.2, 0) is 30.0 Å². The summed E-state index contributed by atoms with van der Waals surface area (Å²) >= 11 is 1.00. The Morgan fingerprint density at radius 2 is 2.29 bits per heavy atom. The van der Waals surface area contributed by atoms with Crippen LogP contribution in [0.5, 0.6) is 0 Å². The third-order valence-electron chi connectivity index (χ3n) is 3.82. The van der Waals surface area contributed by atoms with Gasteiger partial charge < -0.3 is 10.4 Å². The number of carboxylic acids is 1. The Morgan fingerprint density at radius 3 is 2.92 bits per heavy atom. The van der Waals surface area contributed by atoms with Crippen molar-refractivity contribution in [3.05, 3.63) is 28.2 Å². The van der Waals surface area contributed by atoms with Gasteiger partial charge in [-0.05, 0) is 25.5 Å². The van der Waals surface area contributed by atoms with Gasteiger partial charge in [0, 0.05) is 18.5 Å². The van der Waals surface area contributed by atoms with Gasteiger partial charge in [-0.1, -0.05) is 0 Å². The van der Waals surface area contributed by atoms with Crippen molar-refractivity contribution in [2.75, 3.05) is 6.54 Å². The first-order valence-corrected chi connectivity index (χ1v) is 9.56. The van der Waals surface area contributed by atoms with Crippen LogP contribution in [0.25, 0.3) is 0 Å². The summed E-state index contributed by atoms with van der Waals surface area (Å²) in [6, 6.07) is -0.638. The first-order chi connectivity index (χ1) is 11.3. The SMILES string of the molecule is C[C@@H](NS(=O)(=O)c1sc2c(c1C(=O)O)CCNC2)c1ncnn1C. The lowest BCUT2D eigenvalue weighted by Gasteiger charge is -2.13. The predicted molar refractivity (Wildman–Crippen MR) is 86.4 cm³/mol. The number of hydrogen-bond donors (Lipinski definition) is 3. The number of aromatic nitrogens is 3. The molecule has 0 unspecified atom stereocenters. The summed E-state index contributed by atoms with van der Waals surface area (Å²) in [4.78, 5) is 16.4. The van der Waals surface area contributed by atoms with Gasteiger partial charge in [-0.25, -0.2) is 18.2 Å². The number of aromatic carboxylic acids is 1. The molecule has 3 N–H and O–H groups in total. The van der Waals surface area contributed by atoms with Crippen molar-refractivity contribution < 1.29 is 18.3 Å². The van der Waals surface area contributed by atoms with Gasteiger partial charge in [0.05, 0.1) is 11.6 Å². The van der Waals surface area contributed by atoms with Gasteiger partial charge in [0.1, 0.15) is 16.4 Å². The lowest BCUT2D eigenvalue weighted by molar-refractivity contribution is 0.0692. The van der Waals surface area contributed by atoms with Gasteiger partial charge in [-0.2, -0.15) is 9.82 Å². The molecule has 0 fully saturated rings. The molecule has 1 aliphatic rings. The Bertz CT molecular complexity index is 886. The summed E-state index contributed by atoms with van der Waals surface area (Å²) in [5.41, 5.74) is 0.493. The van der Waals surface area contributed by atoms with E-state index in [9.17, 15) is 18.3 Å². The van der Waals surface area contributed by atoms with Crippen LogP contribution in [0.4, 0.5) is 0 Å². The van der Waals surface area contributed by atoms with Crippen LogP contribution in [0.3, 0.4) is 0 Å². The third-order valence-corrected chi connectivity index (χ3v) is 7.11. The van der Waals surface area contributed by atoms with Crippen molar-refractivity contribution >= 4 is 27.3 Å². The van der Waals surface area contributed by atoms with Crippen molar-refractivity contribution in [3.63, 3.8) is 0 Å². The first kappa shape index (κ1) is 17.0. The average Bonchev–Trinajstić information content (AvgIpc) is 3.10. The fraction of sp³-hybridized carbons (Fsp3) is 0.462. The van der Waals surface area contributed by atoms with E-state index in [1.54, 1.807) is 14.0 Å². The van der Waals surface area contributed by atoms with Crippen molar-refractivity contribution in [2.45, 2.75) is 30.1 Å². The number of nitrogens with one attached hydrogen (secondary N) is 2. The maximum Gasteiger partial charge on any atom is 0.338 e. The summed E-state index contributed by atoms with van der Waals surface area (Å²) in [6.07, 6.45) is 1.83. The summed E-state index contributed by atoms with van der Waals surface area (Å²) in [5, 5.41) is 16.5. The number of fused-ring (bicyclic) bond motifs is 1. The zero-order valence-corrected chi connectivity index (χ0v) is 14.7. The highest BCUT2D eigenvalue weighted by Gasteiger charge is 2.33. The summed E-state index contributed by atoms with van der Waals surface area (Å²) in [7, 11) is -2.34. The van der Waals surface area contributed by atoms with Crippen molar-refractivity contribution in [1.29, 1.82) is 0 Å². The molecule has 0 saturated carbocycles. The molecule has 0 radical (unpaired) electrons. The van der Waals surface area contributed by atoms with Crippen LogP contribution in [-0.4, -0.2) is 40.8 Å². The number of sulfonamides is 1. The largest absolute Gasteiger partial charge is 0.478 e. The maximum absolute atomic E-state index is 12.8. The molecule has 0 saturated heterocycles. The molecule has 3 rings (SSSR count). The maximum atomic E-state index is 12.8. The Balaban J connectivity index is 1.99. The normalized spacial score (nSPS) is 15.9. The molecule has 0 bridgehead atoms. The second-order valence-electron chi connectivity index (χ2n) is 5.48. The molecule has 0 amide bonds. The summed E-state index contributed by atoms with van der Waals surface area (Å²) in [5.74, 6) is -0.778. The zero-order valence-electron chi connectivity index (χ0n) is 13.1. The van der Waals surface area contributed by atoms with E-state index in [0.717, 1.165) is 16.2 Å². The Morgan fingerprint density at radius 1 is 1.54 bits per heavy atom. The lowest BCUT2D eigenvalue weighted by Crippen LogP contribution is -2.29. The Hall–Kier alpha value is -1.82. The molecular formula is C13H17N5O4S2. The number of nitrogens with zero attached hydrogens (tertiary/aromatic N) is 3. The van der Waals surface area contributed by atoms with Crippen molar-refractivity contribution in [2.24, 2.45) is 7.05 Å². The molecule has 0 spiro atoms. The van der Waals surface area contributed by atoms with E-state index in [1.807, 2.05) is 0 Å². The lowest BCUT2D eigenvalue weighted by atomic mass is 10.1. The molecule has 2 aromatic heterocycles. The molecule has 3 heterocycles. The minimum atomic E-state index is -3.99. The van der Waals surface area contributed by atoms with Crippen LogP contribution in [0, 0.1) is 0 Å². The average molecular weight is 371 g/mol. The van der Waals surface area contributed by atoms with E-state index in [-0.39, 0.29) is 9.77 Å². The number of carbonyl (C=O) groups is 1. The van der Waals surface area contributed by atoms with Crippen LogP contribution in [0.1, 0.15) is 39.6 Å². The number of aryl methyl sites for hydroxylation is 1. The van der Waals surface area contributed by atoms with E-state index >= 15 is 0 Å². The van der Waals surface area contributed by atoms with Crippen LogP contribution >= 0.6 is 11.3 Å². The third kappa shape index (κ3) is 2.95. The molecule has 1 aliphatic heterocycles. The number of carboxylic acid groups (broad SMARTS) is 1. The van der Waals surface area contributed by atoms with Gasteiger partial charge >= 0.3 is 5.97 Å². The highest BCUT2D eigenvalue weighted by atomic mass is 32.2. The monoisotopic (exact) mass is 371 g/mol. The van der Waals surface area contributed by atoms with E-state index in [1.165, 1.54) is 11.0 Å². The standard InChI is InChI=1S/C13H17N5O4S2/c1-7(11-15-6-16-18(11)2)17-24(21,22)13-10(12(19)20)8-3-4-14-5-9(8)23-13/h6-7,14,17H,3-5H2,1-2H3,(H,19,20)/t7-/m1/s1. The van der Waals surface area contributed by atoms with Gasteiger partial charge in [0.25, 0.3) is 10.0 Å². The van der Waals surface area contributed by atoms with Crippen LogP contribution in [0.2, 0.25) is 0 Å². The molecule has 0 aliphatic carbocycles. The van der Waals surface area contributed by atoms with Crippen molar-refractivity contribution in [3.8, 4) is 0 Å². The zero-order chi connectivity index (χ0) is 17.5. The van der Waals surface area contributed by atoms with E-state index in [4.69, 9.17) is 0 Å². The topological polar surface area (TPSA) is 126 Å². The number of rotatable bonds is 5. The quantitative estimate of drug-likeness (QED) is 0.688. The van der Waals surface area contributed by atoms with Gasteiger partial charge in [-0.15, -0.1) is 11.3 Å². The van der Waals surface area contributed by atoms with Gasteiger partial charge in [0.15, 0.2) is 0 Å². The number of hydrogen-bond acceptors (Lipinski definition) is 7. The fourth-order valence-electron chi connectivity index (χ4n) is 2.75. The highest BCUT2D eigenvalue weighted by molar-refractivity contribution is 7.91. The Labute approximate surface area is 142 Å². The molecule has 11 heteroatoms. The van der Waals surface area contributed by atoms with Crippen molar-refractivity contribution in [1.82, 2.24) is 24.8 Å². The summed E-state index contributed by atoms with van der Waals surface area (Å²) < 4.78 is 29.3. The fourth-order valence-corrected chi connectivity index (χ4v) is 5.83. The molecule has 9 nitrogen and oxygen atoms in total. The molecule has 0 aromatic carbocycles. The second-order valence-corrected chi connectivity index (χ2v) is 8.50. The molecule has 24 heavy (non-hydrogen) atoms. The van der Waals surface area contributed by atoms with Gasteiger partial charge in [0.2, 0.25) is 0 Å². The first-order valence-electron chi connectivity index (χ1n) is 7.26. The van der Waals surface area contributed by atoms with E-state index < -0.39 is 22.0 Å².